The van der Waals surface area contributed by atoms with Gasteiger partial charge in [0.05, 0.1) is 0 Å². The second kappa shape index (κ2) is 12.7. The van der Waals surface area contributed by atoms with E-state index in [1.807, 2.05) is 0 Å². The molecule has 4 fully saturated rings. The Balaban J connectivity index is 0.000000143. The van der Waals surface area contributed by atoms with Gasteiger partial charge in [-0.3, -0.25) is 9.59 Å². The molecule has 45 heavy (non-hydrogen) atoms. The molecule has 1 amide bonds. The van der Waals surface area contributed by atoms with Gasteiger partial charge in [-0.05, 0) is 126 Å². The van der Waals surface area contributed by atoms with E-state index in [1.165, 1.54) is 69.9 Å². The largest absolute Gasteiger partial charge is 0.343 e. The highest BCUT2D eigenvalue weighted by atomic mass is 35.5. The Hall–Kier alpha value is -2.25. The predicted molar refractivity (Wildman–Crippen MR) is 183 cm³/mol. The van der Waals surface area contributed by atoms with Crippen LogP contribution in [0.5, 0.6) is 0 Å². The first-order chi connectivity index (χ1) is 21.4. The lowest BCUT2D eigenvalue weighted by Crippen LogP contribution is -2.65. The van der Waals surface area contributed by atoms with Crippen LogP contribution in [0.1, 0.15) is 72.9 Å². The van der Waals surface area contributed by atoms with E-state index in [0.29, 0.717) is 22.8 Å². The summed E-state index contributed by atoms with van der Waals surface area (Å²) in [5.74, 6) is 1.65. The van der Waals surface area contributed by atoms with Crippen molar-refractivity contribution in [3.8, 4) is 0 Å². The first-order valence-corrected chi connectivity index (χ1v) is 17.6. The van der Waals surface area contributed by atoms with Crippen molar-refractivity contribution < 1.29 is 9.59 Å². The molecule has 4 aliphatic heterocycles. The van der Waals surface area contributed by atoms with Crippen molar-refractivity contribution in [3.63, 3.8) is 0 Å². The lowest BCUT2D eigenvalue weighted by Gasteiger charge is -2.60. The molecule has 4 heterocycles. The van der Waals surface area contributed by atoms with Gasteiger partial charge in [0.1, 0.15) is 0 Å². The van der Waals surface area contributed by atoms with Crippen molar-refractivity contribution in [3.05, 3.63) is 69.8 Å². The predicted octanol–water partition coefficient (Wildman–Crippen LogP) is 5.24. The molecular formula is C38H53ClN4O2. The molecule has 8 rings (SSSR count). The highest BCUT2D eigenvalue weighted by Crippen LogP contribution is 2.53. The third-order valence-electron chi connectivity index (χ3n) is 12.6. The molecule has 1 N–H and O–H groups in total. The van der Waals surface area contributed by atoms with Gasteiger partial charge in [0.2, 0.25) is 11.1 Å². The third kappa shape index (κ3) is 5.90. The molecule has 2 aromatic carbocycles. The maximum Gasteiger partial charge on any atom is 0.219 e. The fourth-order valence-corrected chi connectivity index (χ4v) is 10.2. The summed E-state index contributed by atoms with van der Waals surface area (Å²) in [6.45, 7) is 14.2. The number of hydrogen-bond donors (Lipinski definition) is 1. The first-order valence-electron chi connectivity index (χ1n) is 17.2. The van der Waals surface area contributed by atoms with E-state index in [4.69, 9.17) is 0 Å². The minimum Gasteiger partial charge on any atom is -0.343 e. The van der Waals surface area contributed by atoms with Crippen LogP contribution >= 0.6 is 11.6 Å². The van der Waals surface area contributed by atoms with Crippen molar-refractivity contribution in [2.45, 2.75) is 89.1 Å². The Morgan fingerprint density at radius 3 is 1.80 bits per heavy atom. The summed E-state index contributed by atoms with van der Waals surface area (Å²) in [4.78, 5) is 28.3. The molecule has 0 unspecified atom stereocenters. The van der Waals surface area contributed by atoms with E-state index in [1.54, 1.807) is 29.2 Å². The van der Waals surface area contributed by atoms with Crippen molar-refractivity contribution in [1.29, 1.82) is 0 Å². The number of piperidine rings is 4. The van der Waals surface area contributed by atoms with Gasteiger partial charge in [0.15, 0.2) is 0 Å². The summed E-state index contributed by atoms with van der Waals surface area (Å²) in [5.41, 5.74) is 10.1. The number of carbonyl (C=O) groups excluding carboxylic acids is 2. The van der Waals surface area contributed by atoms with Gasteiger partial charge in [-0.15, -0.1) is 0 Å². The summed E-state index contributed by atoms with van der Waals surface area (Å²) in [6, 6.07) is 15.6. The average molecular weight is 633 g/mol. The SMILES string of the molecule is CC(=O)Cl.CC(=O)N1CC[C@]23CCN(C)[C@H](Cc4ccc(C)cc42)[C@@H]3C1.Cc1ccc2c(c1)[C@@]13CCNC[C@H]1[C@@H](C2)N(C)CC3. The number of carbonyl (C=O) groups is 2. The zero-order chi connectivity index (χ0) is 32.1. The quantitative estimate of drug-likeness (QED) is 0.403. The second-order valence-corrected chi connectivity index (χ2v) is 15.5. The van der Waals surface area contributed by atoms with Gasteiger partial charge in [-0.25, -0.2) is 0 Å². The van der Waals surface area contributed by atoms with E-state index in [0.717, 1.165) is 37.9 Å². The van der Waals surface area contributed by atoms with Gasteiger partial charge in [0.25, 0.3) is 0 Å². The van der Waals surface area contributed by atoms with Gasteiger partial charge in [0, 0.05) is 62.3 Å². The number of halogens is 1. The van der Waals surface area contributed by atoms with Crippen LogP contribution in [0.15, 0.2) is 36.4 Å². The molecule has 4 bridgehead atoms. The van der Waals surface area contributed by atoms with E-state index < -0.39 is 0 Å². The molecule has 0 saturated carbocycles. The highest BCUT2D eigenvalue weighted by Gasteiger charge is 2.55. The molecule has 6 nitrogen and oxygen atoms in total. The van der Waals surface area contributed by atoms with E-state index in [2.05, 4.69) is 96.0 Å². The number of rotatable bonds is 0. The van der Waals surface area contributed by atoms with Crippen LogP contribution in [0.4, 0.5) is 0 Å². The Kier molecular flexibility index (Phi) is 9.26. The highest BCUT2D eigenvalue weighted by molar-refractivity contribution is 6.62. The molecule has 2 aliphatic carbocycles. The molecule has 6 aliphatic rings. The zero-order valence-corrected chi connectivity index (χ0v) is 29.1. The van der Waals surface area contributed by atoms with Gasteiger partial charge in [-0.1, -0.05) is 47.5 Å². The Bertz CT molecular complexity index is 1440. The fraction of sp³-hybridized carbons (Fsp3) is 0.632. The summed E-state index contributed by atoms with van der Waals surface area (Å²) in [6.07, 6.45) is 7.46. The first kappa shape index (κ1) is 32.7. The number of fused-ring (bicyclic) bond motifs is 2. The Morgan fingerprint density at radius 1 is 0.778 bits per heavy atom. The van der Waals surface area contributed by atoms with E-state index >= 15 is 0 Å². The third-order valence-corrected chi connectivity index (χ3v) is 12.6. The maximum absolute atomic E-state index is 11.9. The van der Waals surface area contributed by atoms with Crippen molar-refractivity contribution in [2.24, 2.45) is 11.8 Å². The molecule has 2 aromatic rings. The van der Waals surface area contributed by atoms with Crippen molar-refractivity contribution in [1.82, 2.24) is 20.0 Å². The van der Waals surface area contributed by atoms with Gasteiger partial charge >= 0.3 is 0 Å². The van der Waals surface area contributed by atoms with E-state index in [-0.39, 0.29) is 11.1 Å². The molecule has 0 aromatic heterocycles. The number of hydrogen-bond acceptors (Lipinski definition) is 5. The fourth-order valence-electron chi connectivity index (χ4n) is 10.2. The Labute approximate surface area is 275 Å². The van der Waals surface area contributed by atoms with Crippen LogP contribution in [0.25, 0.3) is 0 Å². The number of aryl methyl sites for hydroxylation is 2. The molecule has 0 spiro atoms. The number of likely N-dealkylation sites (N-methyl/N-ethyl adjacent to an activating group) is 2. The molecule has 6 atom stereocenters. The molecular weight excluding hydrogens is 580 g/mol. The van der Waals surface area contributed by atoms with Crippen LogP contribution in [0, 0.1) is 25.7 Å². The van der Waals surface area contributed by atoms with Crippen molar-refractivity contribution >= 4 is 22.8 Å². The lowest BCUT2D eigenvalue weighted by molar-refractivity contribution is -0.134. The zero-order valence-electron chi connectivity index (χ0n) is 28.3. The number of nitrogens with zero attached hydrogens (tertiary/aromatic N) is 3. The summed E-state index contributed by atoms with van der Waals surface area (Å²) in [5, 5.41) is 3.29. The monoisotopic (exact) mass is 632 g/mol. The molecule has 7 heteroatoms. The Morgan fingerprint density at radius 2 is 1.27 bits per heavy atom. The smallest absolute Gasteiger partial charge is 0.219 e. The summed E-state index contributed by atoms with van der Waals surface area (Å²) >= 11 is 4.64. The lowest BCUT2D eigenvalue weighted by atomic mass is 9.54. The maximum atomic E-state index is 11.9. The number of amides is 1. The topological polar surface area (TPSA) is 55.9 Å². The minimum atomic E-state index is -0.361. The molecule has 244 valence electrons. The minimum absolute atomic E-state index is 0.241. The standard InChI is InChI=1S/C19H26N2O.C17H24N2.C2H3ClO/c1-13-4-5-15-11-18-17-12-21(14(2)22)9-7-19(17,16(15)10-13)6-8-20(18)3;1-12-3-4-13-10-16-15-11-18-7-5-17(15,14(13)9-12)6-8-19(16)2;1-2(3)4/h4-5,10,17-18H,6-9,11-12H2,1-3H3;3-4,9,15-16,18H,5-8,10-11H2,1-2H3;1H3/t17-,18+,19+;15-,16+,17-;/m00./s1. The van der Waals surface area contributed by atoms with Gasteiger partial charge in [-0.2, -0.15) is 0 Å². The average Bonchev–Trinajstić information content (AvgIpc) is 3.01. The van der Waals surface area contributed by atoms with Crippen LogP contribution in [0.3, 0.4) is 0 Å². The normalized spacial score (nSPS) is 33.1. The summed E-state index contributed by atoms with van der Waals surface area (Å²) in [7, 11) is 4.59. The number of nitrogens with one attached hydrogen (secondary N) is 1. The molecule has 4 saturated heterocycles. The van der Waals surface area contributed by atoms with Crippen LogP contribution in [-0.4, -0.2) is 91.3 Å². The number of likely N-dealkylation sites (tertiary alicyclic amines) is 3. The summed E-state index contributed by atoms with van der Waals surface area (Å²) < 4.78 is 0. The van der Waals surface area contributed by atoms with Crippen molar-refractivity contribution in [2.75, 3.05) is 53.4 Å². The van der Waals surface area contributed by atoms with Gasteiger partial charge < -0.3 is 20.0 Å². The van der Waals surface area contributed by atoms with Crippen LogP contribution < -0.4 is 5.32 Å². The van der Waals surface area contributed by atoms with Crippen LogP contribution in [0.2, 0.25) is 0 Å². The van der Waals surface area contributed by atoms with E-state index in [9.17, 15) is 9.59 Å². The van der Waals surface area contributed by atoms with Crippen LogP contribution in [-0.2, 0) is 33.3 Å². The number of benzene rings is 2. The molecule has 0 radical (unpaired) electrons. The second-order valence-electron chi connectivity index (χ2n) is 15.0.